The van der Waals surface area contributed by atoms with Crippen LogP contribution in [-0.4, -0.2) is 38.9 Å². The minimum atomic E-state index is -3.32. The summed E-state index contributed by atoms with van der Waals surface area (Å²) in [5.41, 5.74) is 1.92. The van der Waals surface area contributed by atoms with Crippen LogP contribution in [0.3, 0.4) is 0 Å². The zero-order valence-corrected chi connectivity index (χ0v) is 19.1. The topological polar surface area (TPSA) is 59.5 Å². The molecule has 0 saturated carbocycles. The van der Waals surface area contributed by atoms with Gasteiger partial charge in [-0.05, 0) is 43.2 Å². The first-order valence-electron chi connectivity index (χ1n) is 9.32. The van der Waals surface area contributed by atoms with E-state index in [1.54, 1.807) is 36.6 Å². The van der Waals surface area contributed by atoms with Gasteiger partial charge in [0.1, 0.15) is 5.75 Å². The monoisotopic (exact) mass is 492 g/mol. The van der Waals surface area contributed by atoms with E-state index < -0.39 is 9.84 Å². The zero-order chi connectivity index (χ0) is 20.4. The number of ether oxygens (including phenoxy) is 1. The summed E-state index contributed by atoms with van der Waals surface area (Å²) >= 11 is 4.95. The molecule has 0 unspecified atom stereocenters. The van der Waals surface area contributed by atoms with Gasteiger partial charge in [-0.3, -0.25) is 0 Å². The highest BCUT2D eigenvalue weighted by atomic mass is 79.9. The second-order valence-electron chi connectivity index (χ2n) is 6.94. The van der Waals surface area contributed by atoms with E-state index in [2.05, 4.69) is 20.8 Å². The van der Waals surface area contributed by atoms with Crippen molar-refractivity contribution >= 4 is 42.2 Å². The van der Waals surface area contributed by atoms with E-state index in [4.69, 9.17) is 9.72 Å². The summed E-state index contributed by atoms with van der Waals surface area (Å²) in [6.45, 7) is 1.37. The largest absolute Gasteiger partial charge is 0.497 e. The molecule has 0 radical (unpaired) electrons. The zero-order valence-electron chi connectivity index (χ0n) is 15.9. The van der Waals surface area contributed by atoms with E-state index in [1.165, 1.54) is 0 Å². The maximum absolute atomic E-state index is 13.0. The molecule has 29 heavy (non-hydrogen) atoms. The maximum Gasteiger partial charge on any atom is 0.185 e. The molecule has 1 aromatic heterocycles. The lowest BCUT2D eigenvalue weighted by atomic mass is 10.1. The molecule has 1 fully saturated rings. The van der Waals surface area contributed by atoms with Gasteiger partial charge in [-0.2, -0.15) is 0 Å². The maximum atomic E-state index is 13.0. The average molecular weight is 493 g/mol. The molecule has 1 aliphatic rings. The molecule has 5 nitrogen and oxygen atoms in total. The minimum Gasteiger partial charge on any atom is -0.497 e. The number of aromatic nitrogens is 1. The molecule has 1 saturated heterocycles. The van der Waals surface area contributed by atoms with Crippen LogP contribution in [-0.2, 0) is 9.84 Å². The summed E-state index contributed by atoms with van der Waals surface area (Å²) in [5.74, 6) is 0.801. The summed E-state index contributed by atoms with van der Waals surface area (Å²) in [5, 5.41) is 2.61. The normalized spacial score (nSPS) is 15.4. The number of halogens is 1. The Kier molecular flexibility index (Phi) is 5.94. The number of benzene rings is 2. The van der Waals surface area contributed by atoms with Crippen molar-refractivity contribution in [3.8, 4) is 17.0 Å². The molecule has 8 heteroatoms. The van der Waals surface area contributed by atoms with Gasteiger partial charge in [-0.15, -0.1) is 11.3 Å². The first-order chi connectivity index (χ1) is 14.0. The Labute approximate surface area is 183 Å². The molecule has 2 aromatic carbocycles. The van der Waals surface area contributed by atoms with Gasteiger partial charge in [0.05, 0.1) is 22.9 Å². The SMILES string of the molecule is COc1cccc(-c2csc(N3CCC(S(=O)(=O)c4cccc(Br)c4)CC3)n2)c1. The van der Waals surface area contributed by atoms with Gasteiger partial charge in [0.25, 0.3) is 0 Å². The number of thiazole rings is 1. The molecule has 0 amide bonds. The quantitative estimate of drug-likeness (QED) is 0.500. The summed E-state index contributed by atoms with van der Waals surface area (Å²) in [6, 6.07) is 14.8. The fourth-order valence-corrected chi connectivity index (χ4v) is 6.73. The molecule has 0 N–H and O–H groups in total. The van der Waals surface area contributed by atoms with Crippen molar-refractivity contribution in [3.05, 3.63) is 58.4 Å². The van der Waals surface area contributed by atoms with E-state index in [1.807, 2.05) is 35.7 Å². The molecule has 2 heterocycles. The summed E-state index contributed by atoms with van der Waals surface area (Å²) in [6.07, 6.45) is 1.20. The van der Waals surface area contributed by atoms with E-state index >= 15 is 0 Å². The van der Waals surface area contributed by atoms with E-state index in [0.29, 0.717) is 30.8 Å². The highest BCUT2D eigenvalue weighted by Crippen LogP contribution is 2.33. The number of rotatable bonds is 5. The number of methoxy groups -OCH3 is 1. The van der Waals surface area contributed by atoms with Crippen molar-refractivity contribution in [1.82, 2.24) is 4.98 Å². The molecule has 0 aliphatic carbocycles. The Morgan fingerprint density at radius 1 is 1.14 bits per heavy atom. The van der Waals surface area contributed by atoms with Gasteiger partial charge in [0.2, 0.25) is 0 Å². The van der Waals surface area contributed by atoms with Crippen molar-refractivity contribution < 1.29 is 13.2 Å². The van der Waals surface area contributed by atoms with Gasteiger partial charge in [-0.25, -0.2) is 13.4 Å². The molecular formula is C21H21BrN2O3S2. The van der Waals surface area contributed by atoms with Gasteiger partial charge >= 0.3 is 0 Å². The molecule has 1 aliphatic heterocycles. The van der Waals surface area contributed by atoms with Crippen LogP contribution in [0.15, 0.2) is 63.3 Å². The first kappa shape index (κ1) is 20.4. The number of nitrogens with zero attached hydrogens (tertiary/aromatic N) is 2. The fraction of sp³-hybridized carbons (Fsp3) is 0.286. The van der Waals surface area contributed by atoms with Crippen molar-refractivity contribution in [1.29, 1.82) is 0 Å². The average Bonchev–Trinajstić information content (AvgIpc) is 3.24. The number of sulfone groups is 1. The van der Waals surface area contributed by atoms with Crippen molar-refractivity contribution in [3.63, 3.8) is 0 Å². The van der Waals surface area contributed by atoms with Gasteiger partial charge in [0.15, 0.2) is 15.0 Å². The number of hydrogen-bond acceptors (Lipinski definition) is 6. The third-order valence-electron chi connectivity index (χ3n) is 5.13. The predicted molar refractivity (Wildman–Crippen MR) is 121 cm³/mol. The van der Waals surface area contributed by atoms with Gasteiger partial charge in [-0.1, -0.05) is 34.1 Å². The molecule has 3 aromatic rings. The Morgan fingerprint density at radius 2 is 1.90 bits per heavy atom. The third kappa shape index (κ3) is 4.34. The Morgan fingerprint density at radius 3 is 2.62 bits per heavy atom. The Hall–Kier alpha value is -1.90. The lowest BCUT2D eigenvalue weighted by Crippen LogP contribution is -2.39. The Bertz CT molecular complexity index is 1110. The van der Waals surface area contributed by atoms with Gasteiger partial charge < -0.3 is 9.64 Å². The standard InChI is InChI=1S/C21H21BrN2O3S2/c1-27-17-6-2-4-15(12-17)20-14-28-21(23-20)24-10-8-18(9-11-24)29(25,26)19-7-3-5-16(22)13-19/h2-7,12-14,18H,8-11H2,1H3. The summed E-state index contributed by atoms with van der Waals surface area (Å²) in [4.78, 5) is 7.34. The lowest BCUT2D eigenvalue weighted by Gasteiger charge is -2.31. The molecular weight excluding hydrogens is 472 g/mol. The minimum absolute atomic E-state index is 0.356. The second kappa shape index (κ2) is 8.45. The van der Waals surface area contributed by atoms with Crippen molar-refractivity contribution in [2.75, 3.05) is 25.1 Å². The van der Waals surface area contributed by atoms with Crippen molar-refractivity contribution in [2.24, 2.45) is 0 Å². The molecule has 152 valence electrons. The van der Waals surface area contributed by atoms with Crippen LogP contribution in [0.1, 0.15) is 12.8 Å². The smallest absolute Gasteiger partial charge is 0.185 e. The van der Waals surface area contributed by atoms with E-state index in [9.17, 15) is 8.42 Å². The van der Waals surface area contributed by atoms with Crippen LogP contribution in [0.5, 0.6) is 5.75 Å². The molecule has 4 rings (SSSR count). The van der Waals surface area contributed by atoms with Crippen LogP contribution in [0.25, 0.3) is 11.3 Å². The molecule has 0 spiro atoms. The summed E-state index contributed by atoms with van der Waals surface area (Å²) in [7, 11) is -1.67. The van der Waals surface area contributed by atoms with Crippen LogP contribution in [0, 0.1) is 0 Å². The fourth-order valence-electron chi connectivity index (χ4n) is 3.52. The first-order valence-corrected chi connectivity index (χ1v) is 12.5. The third-order valence-corrected chi connectivity index (χ3v) is 8.79. The van der Waals surface area contributed by atoms with Crippen LogP contribution in [0.4, 0.5) is 5.13 Å². The van der Waals surface area contributed by atoms with E-state index in [0.717, 1.165) is 26.6 Å². The Balaban J connectivity index is 1.46. The molecule has 0 bridgehead atoms. The highest BCUT2D eigenvalue weighted by molar-refractivity contribution is 9.10. The lowest BCUT2D eigenvalue weighted by molar-refractivity contribution is 0.415. The number of piperidine rings is 1. The number of anilines is 1. The predicted octanol–water partition coefficient (Wildman–Crippen LogP) is 5.02. The number of hydrogen-bond donors (Lipinski definition) is 0. The molecule has 0 atom stereocenters. The van der Waals surface area contributed by atoms with Crippen LogP contribution >= 0.6 is 27.3 Å². The van der Waals surface area contributed by atoms with Crippen LogP contribution < -0.4 is 9.64 Å². The second-order valence-corrected chi connectivity index (χ2v) is 10.9. The van der Waals surface area contributed by atoms with Crippen molar-refractivity contribution in [2.45, 2.75) is 23.0 Å². The van der Waals surface area contributed by atoms with Gasteiger partial charge in [0, 0.05) is 28.5 Å². The van der Waals surface area contributed by atoms with Crippen LogP contribution in [0.2, 0.25) is 0 Å². The summed E-state index contributed by atoms with van der Waals surface area (Å²) < 4.78 is 32.0. The highest BCUT2D eigenvalue weighted by Gasteiger charge is 2.32. The van der Waals surface area contributed by atoms with E-state index in [-0.39, 0.29) is 5.25 Å².